The van der Waals surface area contributed by atoms with E-state index in [9.17, 15) is 15.3 Å². The number of aliphatic hydroxyl groups excluding tert-OH is 2. The highest BCUT2D eigenvalue weighted by molar-refractivity contribution is 5.41. The molecule has 2 atom stereocenters. The number of rotatable bonds is 0. The molecule has 0 amide bonds. The van der Waals surface area contributed by atoms with Crippen molar-refractivity contribution < 1.29 is 15.3 Å². The average molecular weight is 180 g/mol. The maximum atomic E-state index is 9.47. The second kappa shape index (κ2) is 3.01. The second-order valence-corrected chi connectivity index (χ2v) is 3.46. The minimum atomic E-state index is -0.749. The fraction of sp³-hybridized carbons (Fsp3) is 0.400. The highest BCUT2D eigenvalue weighted by Gasteiger charge is 2.26. The Kier molecular flexibility index (Phi) is 1.98. The van der Waals surface area contributed by atoms with E-state index < -0.39 is 12.2 Å². The van der Waals surface area contributed by atoms with Crippen molar-refractivity contribution in [3.05, 3.63) is 29.3 Å². The number of aliphatic hydroxyl groups is 2. The first-order chi connectivity index (χ1) is 6.18. The molecule has 0 aliphatic heterocycles. The Morgan fingerprint density at radius 1 is 1.08 bits per heavy atom. The lowest BCUT2D eigenvalue weighted by atomic mass is 9.87. The van der Waals surface area contributed by atoms with E-state index in [1.807, 2.05) is 6.07 Å². The van der Waals surface area contributed by atoms with Crippen molar-refractivity contribution in [3.8, 4) is 5.75 Å². The third kappa shape index (κ3) is 1.41. The highest BCUT2D eigenvalue weighted by Crippen LogP contribution is 2.28. The Hall–Kier alpha value is -1.06. The summed E-state index contributed by atoms with van der Waals surface area (Å²) in [7, 11) is 0. The number of fused-ring (bicyclic) bond motifs is 1. The molecular weight excluding hydrogens is 168 g/mol. The monoisotopic (exact) mass is 180 g/mol. The second-order valence-electron chi connectivity index (χ2n) is 3.46. The van der Waals surface area contributed by atoms with Crippen molar-refractivity contribution in [1.82, 2.24) is 0 Å². The fourth-order valence-corrected chi connectivity index (χ4v) is 1.75. The molecule has 1 aromatic rings. The van der Waals surface area contributed by atoms with Gasteiger partial charge < -0.3 is 15.3 Å². The van der Waals surface area contributed by atoms with Crippen molar-refractivity contribution in [2.75, 3.05) is 0 Å². The van der Waals surface area contributed by atoms with Crippen molar-refractivity contribution in [3.63, 3.8) is 0 Å². The molecule has 1 aliphatic rings. The average Bonchev–Trinajstić information content (AvgIpc) is 2.09. The van der Waals surface area contributed by atoms with Crippen LogP contribution < -0.4 is 0 Å². The van der Waals surface area contributed by atoms with Gasteiger partial charge in [0, 0.05) is 12.8 Å². The summed E-state index contributed by atoms with van der Waals surface area (Å²) in [6, 6.07) is 5.21. The van der Waals surface area contributed by atoms with Gasteiger partial charge in [-0.15, -0.1) is 0 Å². The quantitative estimate of drug-likeness (QED) is 0.535. The molecule has 0 bridgehead atoms. The fourth-order valence-electron chi connectivity index (χ4n) is 1.75. The zero-order chi connectivity index (χ0) is 9.42. The van der Waals surface area contributed by atoms with Gasteiger partial charge in [0.15, 0.2) is 0 Å². The van der Waals surface area contributed by atoms with Crippen LogP contribution in [0.2, 0.25) is 0 Å². The molecule has 0 saturated carbocycles. The van der Waals surface area contributed by atoms with Gasteiger partial charge in [-0.2, -0.15) is 0 Å². The van der Waals surface area contributed by atoms with E-state index in [0.29, 0.717) is 12.8 Å². The molecule has 13 heavy (non-hydrogen) atoms. The summed E-state index contributed by atoms with van der Waals surface area (Å²) in [5, 5.41) is 28.2. The Labute approximate surface area is 76.3 Å². The van der Waals surface area contributed by atoms with Gasteiger partial charge in [-0.05, 0) is 17.2 Å². The topological polar surface area (TPSA) is 60.7 Å². The van der Waals surface area contributed by atoms with Gasteiger partial charge >= 0.3 is 0 Å². The van der Waals surface area contributed by atoms with Crippen LogP contribution in [0.3, 0.4) is 0 Å². The number of phenolic OH excluding ortho intramolecular Hbond substituents is 1. The van der Waals surface area contributed by atoms with Gasteiger partial charge in [-0.1, -0.05) is 12.1 Å². The standard InChI is InChI=1S/C10H12O3/c11-8-3-1-2-6-4-9(12)10(13)5-7(6)8/h1-3,9-13H,4-5H2. The van der Waals surface area contributed by atoms with E-state index in [1.54, 1.807) is 12.1 Å². The lowest BCUT2D eigenvalue weighted by molar-refractivity contribution is 0.0137. The number of hydrogen-bond donors (Lipinski definition) is 3. The summed E-state index contributed by atoms with van der Waals surface area (Å²) in [5.74, 6) is 0.212. The van der Waals surface area contributed by atoms with Crippen LogP contribution in [0.4, 0.5) is 0 Å². The Balaban J connectivity index is 2.42. The molecule has 3 N–H and O–H groups in total. The van der Waals surface area contributed by atoms with Crippen LogP contribution >= 0.6 is 0 Å². The molecule has 0 aromatic heterocycles. The van der Waals surface area contributed by atoms with Crippen molar-refractivity contribution in [2.24, 2.45) is 0 Å². The van der Waals surface area contributed by atoms with E-state index in [1.165, 1.54) is 0 Å². The Morgan fingerprint density at radius 3 is 2.54 bits per heavy atom. The number of benzene rings is 1. The van der Waals surface area contributed by atoms with E-state index in [4.69, 9.17) is 0 Å². The van der Waals surface area contributed by atoms with Crippen molar-refractivity contribution in [1.29, 1.82) is 0 Å². The van der Waals surface area contributed by atoms with Crippen LogP contribution in [0, 0.1) is 0 Å². The SMILES string of the molecule is Oc1cccc2c1CC(O)C(O)C2. The van der Waals surface area contributed by atoms with E-state index in [2.05, 4.69) is 0 Å². The Morgan fingerprint density at radius 2 is 1.77 bits per heavy atom. The van der Waals surface area contributed by atoms with Crippen LogP contribution in [0.1, 0.15) is 11.1 Å². The van der Waals surface area contributed by atoms with E-state index in [-0.39, 0.29) is 5.75 Å². The van der Waals surface area contributed by atoms with E-state index in [0.717, 1.165) is 11.1 Å². The van der Waals surface area contributed by atoms with Crippen molar-refractivity contribution >= 4 is 0 Å². The summed E-state index contributed by atoms with van der Waals surface area (Å²) in [4.78, 5) is 0. The van der Waals surface area contributed by atoms with Gasteiger partial charge in [0.25, 0.3) is 0 Å². The molecule has 3 heteroatoms. The van der Waals surface area contributed by atoms with Crippen LogP contribution in [-0.2, 0) is 12.8 Å². The predicted octanol–water partition coefficient (Wildman–Crippen LogP) is 0.213. The zero-order valence-corrected chi connectivity index (χ0v) is 7.14. The summed E-state index contributed by atoms with van der Waals surface area (Å²) in [6.07, 6.45) is -0.691. The number of hydrogen-bond acceptors (Lipinski definition) is 3. The predicted molar refractivity (Wildman–Crippen MR) is 47.5 cm³/mol. The molecule has 0 radical (unpaired) electrons. The molecule has 2 unspecified atom stereocenters. The molecule has 0 spiro atoms. The molecule has 0 heterocycles. The smallest absolute Gasteiger partial charge is 0.119 e. The number of phenols is 1. The molecule has 1 aromatic carbocycles. The largest absolute Gasteiger partial charge is 0.508 e. The van der Waals surface area contributed by atoms with Gasteiger partial charge in [0.1, 0.15) is 5.75 Å². The molecule has 1 aliphatic carbocycles. The van der Waals surface area contributed by atoms with Gasteiger partial charge in [0.05, 0.1) is 12.2 Å². The van der Waals surface area contributed by atoms with E-state index >= 15 is 0 Å². The molecule has 0 fully saturated rings. The lowest BCUT2D eigenvalue weighted by Gasteiger charge is -2.26. The first-order valence-corrected chi connectivity index (χ1v) is 4.34. The maximum absolute atomic E-state index is 9.47. The van der Waals surface area contributed by atoms with Crippen molar-refractivity contribution in [2.45, 2.75) is 25.0 Å². The summed E-state index contributed by atoms with van der Waals surface area (Å²) >= 11 is 0. The normalized spacial score (nSPS) is 26.9. The maximum Gasteiger partial charge on any atom is 0.119 e. The first-order valence-electron chi connectivity index (χ1n) is 4.34. The summed E-state index contributed by atoms with van der Waals surface area (Å²) in [6.45, 7) is 0. The van der Waals surface area contributed by atoms with Crippen LogP contribution in [0.15, 0.2) is 18.2 Å². The summed E-state index contributed by atoms with van der Waals surface area (Å²) < 4.78 is 0. The van der Waals surface area contributed by atoms with Gasteiger partial charge in [0.2, 0.25) is 0 Å². The minimum absolute atomic E-state index is 0.212. The third-order valence-electron chi connectivity index (χ3n) is 2.53. The zero-order valence-electron chi connectivity index (χ0n) is 7.14. The molecule has 3 nitrogen and oxygen atoms in total. The summed E-state index contributed by atoms with van der Waals surface area (Å²) in [5.41, 5.74) is 1.69. The highest BCUT2D eigenvalue weighted by atomic mass is 16.3. The van der Waals surface area contributed by atoms with Gasteiger partial charge in [-0.25, -0.2) is 0 Å². The van der Waals surface area contributed by atoms with Crippen LogP contribution in [-0.4, -0.2) is 27.5 Å². The van der Waals surface area contributed by atoms with Gasteiger partial charge in [-0.3, -0.25) is 0 Å². The minimum Gasteiger partial charge on any atom is -0.508 e. The van der Waals surface area contributed by atoms with Crippen LogP contribution in [0.5, 0.6) is 5.75 Å². The Bertz CT molecular complexity index is 322. The number of aromatic hydroxyl groups is 1. The molecule has 2 rings (SSSR count). The van der Waals surface area contributed by atoms with Crippen LogP contribution in [0.25, 0.3) is 0 Å². The lowest BCUT2D eigenvalue weighted by Crippen LogP contribution is -2.34. The third-order valence-corrected chi connectivity index (χ3v) is 2.53. The molecular formula is C10H12O3. The molecule has 0 saturated heterocycles. The first kappa shape index (κ1) is 8.53. The molecule has 70 valence electrons.